The van der Waals surface area contributed by atoms with Crippen molar-refractivity contribution in [1.29, 1.82) is 0 Å². The smallest absolute Gasteiger partial charge is 0.409 e. The minimum Gasteiger partial charge on any atom is -0.448 e. The van der Waals surface area contributed by atoms with Gasteiger partial charge in [-0.15, -0.1) is 0 Å². The van der Waals surface area contributed by atoms with Gasteiger partial charge in [-0.1, -0.05) is 36.4 Å². The van der Waals surface area contributed by atoms with E-state index in [1.165, 1.54) is 16.5 Å². The molecule has 0 bridgehead atoms. The number of hydrogen-bond donors (Lipinski definition) is 0. The quantitative estimate of drug-likeness (QED) is 0.845. The third-order valence-corrected chi connectivity index (χ3v) is 3.94. The molecule has 3 rings (SSSR count). The number of carbonyl (C=O) groups excluding carboxylic acids is 1. The maximum atomic E-state index is 11.4. The molecule has 21 heavy (non-hydrogen) atoms. The zero-order valence-electron chi connectivity index (χ0n) is 12.3. The van der Waals surface area contributed by atoms with Crippen LogP contribution in [0.3, 0.4) is 0 Å². The van der Waals surface area contributed by atoms with Crippen molar-refractivity contribution in [2.75, 3.05) is 38.2 Å². The van der Waals surface area contributed by atoms with Gasteiger partial charge in [-0.3, -0.25) is 0 Å². The summed E-state index contributed by atoms with van der Waals surface area (Å²) in [6.07, 6.45) is 0.761. The summed E-state index contributed by atoms with van der Waals surface area (Å²) >= 11 is 0. The number of hydrogen-bond acceptors (Lipinski definition) is 3. The first-order valence-corrected chi connectivity index (χ1v) is 7.36. The fourth-order valence-electron chi connectivity index (χ4n) is 2.79. The Labute approximate surface area is 124 Å². The van der Waals surface area contributed by atoms with Gasteiger partial charge in [0, 0.05) is 31.2 Å². The van der Waals surface area contributed by atoms with Crippen LogP contribution in [0.1, 0.15) is 6.42 Å². The lowest BCUT2D eigenvalue weighted by Crippen LogP contribution is -2.29. The first kappa shape index (κ1) is 13.7. The van der Waals surface area contributed by atoms with Gasteiger partial charge in [-0.25, -0.2) is 4.79 Å². The summed E-state index contributed by atoms with van der Waals surface area (Å²) < 4.78 is 4.94. The van der Waals surface area contributed by atoms with Gasteiger partial charge in [0.1, 0.15) is 6.61 Å². The number of nitrogens with zero attached hydrogens (tertiary/aromatic N) is 2. The van der Waals surface area contributed by atoms with Crippen molar-refractivity contribution in [3.8, 4) is 0 Å². The van der Waals surface area contributed by atoms with Gasteiger partial charge in [0.25, 0.3) is 0 Å². The highest BCUT2D eigenvalue weighted by molar-refractivity contribution is 5.94. The molecule has 1 aliphatic heterocycles. The Balaban J connectivity index is 1.64. The Kier molecular flexibility index (Phi) is 3.95. The summed E-state index contributed by atoms with van der Waals surface area (Å²) in [7, 11) is 2.10. The Morgan fingerprint density at radius 2 is 2.00 bits per heavy atom. The van der Waals surface area contributed by atoms with Crippen LogP contribution in [0, 0.1) is 0 Å². The first-order valence-electron chi connectivity index (χ1n) is 7.36. The monoisotopic (exact) mass is 284 g/mol. The average Bonchev–Trinajstić information content (AvgIpc) is 2.92. The van der Waals surface area contributed by atoms with Crippen LogP contribution in [0.4, 0.5) is 10.5 Å². The van der Waals surface area contributed by atoms with E-state index in [-0.39, 0.29) is 6.09 Å². The summed E-state index contributed by atoms with van der Waals surface area (Å²) in [5.41, 5.74) is 1.23. The van der Waals surface area contributed by atoms with Crippen LogP contribution < -0.4 is 4.90 Å². The van der Waals surface area contributed by atoms with Crippen LogP contribution in [0.2, 0.25) is 0 Å². The Morgan fingerprint density at radius 3 is 2.81 bits per heavy atom. The normalized spacial score (nSPS) is 14.5. The van der Waals surface area contributed by atoms with Crippen LogP contribution >= 0.6 is 0 Å². The molecular weight excluding hydrogens is 264 g/mol. The number of carbonyl (C=O) groups is 1. The maximum Gasteiger partial charge on any atom is 0.409 e. The third-order valence-electron chi connectivity index (χ3n) is 3.94. The van der Waals surface area contributed by atoms with E-state index < -0.39 is 0 Å². The summed E-state index contributed by atoms with van der Waals surface area (Å²) in [5.74, 6) is 0. The molecule has 1 fully saturated rings. The summed E-state index contributed by atoms with van der Waals surface area (Å²) in [6.45, 7) is 2.92. The predicted molar refractivity (Wildman–Crippen MR) is 84.8 cm³/mol. The van der Waals surface area contributed by atoms with E-state index in [4.69, 9.17) is 4.74 Å². The molecule has 0 aromatic heterocycles. The molecule has 0 saturated carbocycles. The van der Waals surface area contributed by atoms with Crippen molar-refractivity contribution in [2.24, 2.45) is 0 Å². The lowest BCUT2D eigenvalue weighted by Gasteiger charge is -2.22. The van der Waals surface area contributed by atoms with E-state index in [2.05, 4.69) is 54.4 Å². The van der Waals surface area contributed by atoms with Gasteiger partial charge in [0.15, 0.2) is 0 Å². The second-order valence-corrected chi connectivity index (χ2v) is 5.37. The number of ether oxygens (including phenoxy) is 1. The zero-order valence-corrected chi connectivity index (χ0v) is 12.3. The van der Waals surface area contributed by atoms with Gasteiger partial charge in [0.05, 0.1) is 6.54 Å². The SMILES string of the molecule is CN(CCCN1CCOC1=O)c1cccc2ccccc12. The van der Waals surface area contributed by atoms with Crippen LogP contribution in [-0.4, -0.2) is 44.3 Å². The number of benzene rings is 2. The van der Waals surface area contributed by atoms with Crippen molar-refractivity contribution in [2.45, 2.75) is 6.42 Å². The maximum absolute atomic E-state index is 11.4. The highest BCUT2D eigenvalue weighted by atomic mass is 16.6. The highest BCUT2D eigenvalue weighted by Crippen LogP contribution is 2.25. The molecule has 4 nitrogen and oxygen atoms in total. The summed E-state index contributed by atoms with van der Waals surface area (Å²) in [4.78, 5) is 15.4. The largest absolute Gasteiger partial charge is 0.448 e. The van der Waals surface area contributed by atoms with E-state index in [0.717, 1.165) is 26.1 Å². The van der Waals surface area contributed by atoms with Crippen LogP contribution in [0.25, 0.3) is 10.8 Å². The fourth-order valence-corrected chi connectivity index (χ4v) is 2.79. The standard InChI is InChI=1S/C17H20N2O2/c1-18(10-5-11-19-12-13-21-17(19)20)16-9-4-7-14-6-2-3-8-15(14)16/h2-4,6-9H,5,10-13H2,1H3. The van der Waals surface area contributed by atoms with Gasteiger partial charge in [0.2, 0.25) is 0 Å². The molecule has 0 radical (unpaired) electrons. The van der Waals surface area contributed by atoms with E-state index in [9.17, 15) is 4.79 Å². The van der Waals surface area contributed by atoms with Crippen LogP contribution in [-0.2, 0) is 4.74 Å². The molecule has 1 heterocycles. The fraction of sp³-hybridized carbons (Fsp3) is 0.353. The zero-order chi connectivity index (χ0) is 14.7. The number of fused-ring (bicyclic) bond motifs is 1. The molecule has 2 aromatic rings. The van der Waals surface area contributed by atoms with Crippen molar-refractivity contribution in [1.82, 2.24) is 4.90 Å². The first-order chi connectivity index (χ1) is 10.3. The van der Waals surface area contributed by atoms with Gasteiger partial charge in [-0.2, -0.15) is 0 Å². The highest BCUT2D eigenvalue weighted by Gasteiger charge is 2.21. The second kappa shape index (κ2) is 6.04. The summed E-state index contributed by atoms with van der Waals surface area (Å²) in [6, 6.07) is 14.8. The van der Waals surface area contributed by atoms with E-state index in [0.29, 0.717) is 6.61 Å². The van der Waals surface area contributed by atoms with E-state index in [1.54, 1.807) is 4.90 Å². The second-order valence-electron chi connectivity index (χ2n) is 5.37. The molecule has 110 valence electrons. The Hall–Kier alpha value is -2.23. The molecule has 0 N–H and O–H groups in total. The molecule has 0 atom stereocenters. The number of anilines is 1. The molecule has 4 heteroatoms. The topological polar surface area (TPSA) is 32.8 Å². The van der Waals surface area contributed by atoms with Crippen molar-refractivity contribution < 1.29 is 9.53 Å². The molecule has 1 amide bonds. The van der Waals surface area contributed by atoms with Gasteiger partial charge in [-0.05, 0) is 17.9 Å². The van der Waals surface area contributed by atoms with Gasteiger partial charge < -0.3 is 14.5 Å². The minimum atomic E-state index is -0.178. The average molecular weight is 284 g/mol. The van der Waals surface area contributed by atoms with Crippen molar-refractivity contribution >= 4 is 22.6 Å². The predicted octanol–water partition coefficient (Wildman–Crippen LogP) is 3.12. The number of rotatable bonds is 5. The molecule has 0 spiro atoms. The van der Waals surface area contributed by atoms with Crippen LogP contribution in [0.5, 0.6) is 0 Å². The third kappa shape index (κ3) is 2.94. The van der Waals surface area contributed by atoms with E-state index >= 15 is 0 Å². The lowest BCUT2D eigenvalue weighted by molar-refractivity contribution is 0.158. The lowest BCUT2D eigenvalue weighted by atomic mass is 10.1. The van der Waals surface area contributed by atoms with Crippen LogP contribution in [0.15, 0.2) is 42.5 Å². The molecule has 1 aliphatic rings. The minimum absolute atomic E-state index is 0.178. The number of cyclic esters (lactones) is 1. The Bertz CT molecular complexity index is 636. The van der Waals surface area contributed by atoms with Crippen molar-refractivity contribution in [3.63, 3.8) is 0 Å². The molecule has 1 saturated heterocycles. The molecular formula is C17H20N2O2. The van der Waals surface area contributed by atoms with Crippen molar-refractivity contribution in [3.05, 3.63) is 42.5 Å². The van der Waals surface area contributed by atoms with Gasteiger partial charge >= 0.3 is 6.09 Å². The summed E-state index contributed by atoms with van der Waals surface area (Å²) in [5, 5.41) is 2.52. The Morgan fingerprint density at radius 1 is 1.19 bits per heavy atom. The van der Waals surface area contributed by atoms with E-state index in [1.807, 2.05) is 0 Å². The molecule has 0 unspecified atom stereocenters. The molecule has 0 aliphatic carbocycles. The molecule has 2 aromatic carbocycles. The number of amides is 1.